The first kappa shape index (κ1) is 16.9. The molecule has 2 aromatic carbocycles. The molecule has 0 bridgehead atoms. The van der Waals surface area contributed by atoms with Crippen LogP contribution >= 0.6 is 0 Å². The Morgan fingerprint density at radius 3 is 2.13 bits per heavy atom. The second-order valence-electron chi connectivity index (χ2n) is 5.86. The third kappa shape index (κ3) is 3.31. The predicted molar refractivity (Wildman–Crippen MR) is 96.1 cm³/mol. The number of carbonyl (C=O) groups is 2. The van der Waals surface area contributed by atoms with E-state index in [1.54, 1.807) is 13.8 Å². The lowest BCUT2D eigenvalue weighted by Crippen LogP contribution is -2.02. The number of ketones is 2. The summed E-state index contributed by atoms with van der Waals surface area (Å²) in [7, 11) is 0. The number of carbonyl (C=O) groups excluding carboxylic acids is 2. The van der Waals surface area contributed by atoms with Crippen molar-refractivity contribution in [1.29, 1.82) is 0 Å². The highest BCUT2D eigenvalue weighted by atomic mass is 16.1. The van der Waals surface area contributed by atoms with E-state index in [-0.39, 0.29) is 11.6 Å². The normalized spacial score (nSPS) is 11.0. The molecule has 0 aromatic heterocycles. The van der Waals surface area contributed by atoms with Crippen LogP contribution in [0.1, 0.15) is 58.2 Å². The van der Waals surface area contributed by atoms with E-state index in [2.05, 4.69) is 0 Å². The first-order valence-electron chi connectivity index (χ1n) is 7.76. The number of aryl methyl sites for hydroxylation is 2. The number of rotatable bonds is 4. The Labute approximate surface area is 137 Å². The smallest absolute Gasteiger partial charge is 0.160 e. The standard InChI is InChI=1S/C21H22O2/c1-6-7-19-18(16(5)23)11-9-14(3)21(19)20-12-17(15(4)22)10-8-13(20)2/h6-12H,1-5H3/b7-6-. The number of hydrogen-bond acceptors (Lipinski definition) is 2. The van der Waals surface area contributed by atoms with Gasteiger partial charge in [-0.05, 0) is 68.5 Å². The molecule has 0 aliphatic heterocycles. The molecular formula is C21H22O2. The van der Waals surface area contributed by atoms with Crippen LogP contribution in [0.3, 0.4) is 0 Å². The van der Waals surface area contributed by atoms with Crippen molar-refractivity contribution in [3.05, 3.63) is 64.2 Å². The Bertz CT molecular complexity index is 811. The SMILES string of the molecule is C/C=C\c1c(C(C)=O)ccc(C)c1-c1cc(C(C)=O)ccc1C. The van der Waals surface area contributed by atoms with Crippen LogP contribution in [0, 0.1) is 13.8 Å². The second-order valence-corrected chi connectivity index (χ2v) is 5.86. The average Bonchev–Trinajstić information content (AvgIpc) is 2.48. The van der Waals surface area contributed by atoms with Gasteiger partial charge in [-0.3, -0.25) is 9.59 Å². The van der Waals surface area contributed by atoms with Crippen LogP contribution in [-0.4, -0.2) is 11.6 Å². The van der Waals surface area contributed by atoms with E-state index < -0.39 is 0 Å². The predicted octanol–water partition coefficient (Wildman–Crippen LogP) is 5.41. The van der Waals surface area contributed by atoms with Gasteiger partial charge in [0.05, 0.1) is 0 Å². The summed E-state index contributed by atoms with van der Waals surface area (Å²) in [5.74, 6) is 0.0823. The first-order valence-corrected chi connectivity index (χ1v) is 7.76. The van der Waals surface area contributed by atoms with E-state index in [4.69, 9.17) is 0 Å². The van der Waals surface area contributed by atoms with Crippen molar-refractivity contribution in [3.63, 3.8) is 0 Å². The Morgan fingerprint density at radius 2 is 1.57 bits per heavy atom. The molecule has 0 spiro atoms. The van der Waals surface area contributed by atoms with Crippen LogP contribution < -0.4 is 0 Å². The maximum absolute atomic E-state index is 12.0. The summed E-state index contributed by atoms with van der Waals surface area (Å²) in [6.45, 7) is 9.15. The van der Waals surface area contributed by atoms with Crippen molar-refractivity contribution in [3.8, 4) is 11.1 Å². The van der Waals surface area contributed by atoms with Gasteiger partial charge in [-0.1, -0.05) is 36.4 Å². The molecule has 0 radical (unpaired) electrons. The van der Waals surface area contributed by atoms with Crippen LogP contribution in [0.25, 0.3) is 17.2 Å². The van der Waals surface area contributed by atoms with Gasteiger partial charge in [-0.15, -0.1) is 0 Å². The lowest BCUT2D eigenvalue weighted by molar-refractivity contribution is 0.100. The zero-order valence-corrected chi connectivity index (χ0v) is 14.4. The van der Waals surface area contributed by atoms with Crippen molar-refractivity contribution in [2.75, 3.05) is 0 Å². The fourth-order valence-electron chi connectivity index (χ4n) is 2.84. The van der Waals surface area contributed by atoms with E-state index in [1.165, 1.54) is 0 Å². The molecule has 0 fully saturated rings. The Morgan fingerprint density at radius 1 is 0.913 bits per heavy atom. The molecule has 0 unspecified atom stereocenters. The van der Waals surface area contributed by atoms with Gasteiger partial charge in [0.25, 0.3) is 0 Å². The third-order valence-corrected chi connectivity index (χ3v) is 4.08. The lowest BCUT2D eigenvalue weighted by atomic mass is 9.87. The van der Waals surface area contributed by atoms with E-state index in [0.29, 0.717) is 11.1 Å². The molecule has 2 heteroatoms. The van der Waals surface area contributed by atoms with Crippen LogP contribution in [0.4, 0.5) is 0 Å². The third-order valence-electron chi connectivity index (χ3n) is 4.08. The molecule has 0 aliphatic rings. The molecule has 118 valence electrons. The zero-order chi connectivity index (χ0) is 17.1. The lowest BCUT2D eigenvalue weighted by Gasteiger charge is -2.17. The second kappa shape index (κ2) is 6.74. The van der Waals surface area contributed by atoms with Crippen molar-refractivity contribution in [1.82, 2.24) is 0 Å². The summed E-state index contributed by atoms with van der Waals surface area (Å²) in [6.07, 6.45) is 3.91. The minimum Gasteiger partial charge on any atom is -0.295 e. The summed E-state index contributed by atoms with van der Waals surface area (Å²) < 4.78 is 0. The molecule has 0 amide bonds. The number of benzene rings is 2. The Kier molecular flexibility index (Phi) is 4.95. The zero-order valence-electron chi connectivity index (χ0n) is 14.4. The van der Waals surface area contributed by atoms with Gasteiger partial charge in [0, 0.05) is 11.1 Å². The van der Waals surface area contributed by atoms with Crippen LogP contribution in [0.15, 0.2) is 36.4 Å². The van der Waals surface area contributed by atoms with Crippen LogP contribution in [0.5, 0.6) is 0 Å². The number of hydrogen-bond donors (Lipinski definition) is 0. The fraction of sp³-hybridized carbons (Fsp3) is 0.238. The molecule has 0 N–H and O–H groups in total. The maximum Gasteiger partial charge on any atom is 0.160 e. The van der Waals surface area contributed by atoms with E-state index in [1.807, 2.05) is 63.3 Å². The number of Topliss-reactive ketones (excluding diaryl/α,β-unsaturated/α-hetero) is 2. The minimum atomic E-state index is 0.0409. The van der Waals surface area contributed by atoms with Gasteiger partial charge in [0.1, 0.15) is 0 Å². The van der Waals surface area contributed by atoms with Gasteiger partial charge >= 0.3 is 0 Å². The molecule has 2 nitrogen and oxygen atoms in total. The molecule has 0 atom stereocenters. The number of allylic oxidation sites excluding steroid dienone is 1. The van der Waals surface area contributed by atoms with Crippen molar-refractivity contribution in [2.24, 2.45) is 0 Å². The van der Waals surface area contributed by atoms with Crippen molar-refractivity contribution >= 4 is 17.6 Å². The fourth-order valence-corrected chi connectivity index (χ4v) is 2.84. The molecule has 23 heavy (non-hydrogen) atoms. The molecule has 2 rings (SSSR count). The van der Waals surface area contributed by atoms with Gasteiger partial charge in [0.15, 0.2) is 11.6 Å². The molecule has 0 heterocycles. The highest BCUT2D eigenvalue weighted by Gasteiger charge is 2.16. The monoisotopic (exact) mass is 306 g/mol. The highest BCUT2D eigenvalue weighted by molar-refractivity contribution is 6.02. The maximum atomic E-state index is 12.0. The van der Waals surface area contributed by atoms with Crippen LogP contribution in [0.2, 0.25) is 0 Å². The summed E-state index contributed by atoms with van der Waals surface area (Å²) in [5.41, 5.74) is 6.52. The van der Waals surface area contributed by atoms with E-state index in [9.17, 15) is 9.59 Å². The first-order chi connectivity index (χ1) is 10.9. The molecule has 0 saturated heterocycles. The van der Waals surface area contributed by atoms with Gasteiger partial charge < -0.3 is 0 Å². The summed E-state index contributed by atoms with van der Waals surface area (Å²) in [6, 6.07) is 9.59. The van der Waals surface area contributed by atoms with Crippen molar-refractivity contribution in [2.45, 2.75) is 34.6 Å². The van der Waals surface area contributed by atoms with E-state index >= 15 is 0 Å². The summed E-state index contributed by atoms with van der Waals surface area (Å²) in [5, 5.41) is 0. The topological polar surface area (TPSA) is 34.1 Å². The molecule has 2 aromatic rings. The quantitative estimate of drug-likeness (QED) is 0.708. The van der Waals surface area contributed by atoms with E-state index in [0.717, 1.165) is 27.8 Å². The minimum absolute atomic E-state index is 0.0409. The van der Waals surface area contributed by atoms with Gasteiger partial charge in [-0.25, -0.2) is 0 Å². The average molecular weight is 306 g/mol. The summed E-state index contributed by atoms with van der Waals surface area (Å²) >= 11 is 0. The van der Waals surface area contributed by atoms with Gasteiger partial charge in [0.2, 0.25) is 0 Å². The largest absolute Gasteiger partial charge is 0.295 e. The Hall–Kier alpha value is -2.48. The summed E-state index contributed by atoms with van der Waals surface area (Å²) in [4.78, 5) is 23.8. The molecule has 0 aliphatic carbocycles. The van der Waals surface area contributed by atoms with Crippen molar-refractivity contribution < 1.29 is 9.59 Å². The molecule has 0 saturated carbocycles. The molecular weight excluding hydrogens is 284 g/mol. The Balaban J connectivity index is 2.87. The highest BCUT2D eigenvalue weighted by Crippen LogP contribution is 2.34. The van der Waals surface area contributed by atoms with Crippen LogP contribution in [-0.2, 0) is 0 Å². The van der Waals surface area contributed by atoms with Gasteiger partial charge in [-0.2, -0.15) is 0 Å².